The van der Waals surface area contributed by atoms with E-state index in [-0.39, 0.29) is 29.1 Å². The van der Waals surface area contributed by atoms with Crippen LogP contribution in [0.3, 0.4) is 0 Å². The molecule has 6 rings (SSSR count). The summed E-state index contributed by atoms with van der Waals surface area (Å²) in [4.78, 5) is 28.6. The summed E-state index contributed by atoms with van der Waals surface area (Å²) in [7, 11) is 0. The van der Waals surface area contributed by atoms with Gasteiger partial charge in [-0.3, -0.25) is 9.59 Å². The van der Waals surface area contributed by atoms with E-state index in [0.717, 1.165) is 63.2 Å². The predicted molar refractivity (Wildman–Crippen MR) is 184 cm³/mol. The lowest BCUT2D eigenvalue weighted by atomic mass is 9.69. The summed E-state index contributed by atoms with van der Waals surface area (Å²) in [5.74, 6) is 2.57. The highest BCUT2D eigenvalue weighted by atomic mass is 16.5. The number of ketones is 1. The summed E-state index contributed by atoms with van der Waals surface area (Å²) in [6.07, 6.45) is 16.1. The largest absolute Gasteiger partial charge is 0.487 e. The quantitative estimate of drug-likeness (QED) is 0.256. The molecule has 0 bridgehead atoms. The number of carbonyl (C=O) groups excluding carboxylic acids is 2. The van der Waals surface area contributed by atoms with Crippen LogP contribution in [0.25, 0.3) is 0 Å². The summed E-state index contributed by atoms with van der Waals surface area (Å²) >= 11 is 0. The minimum atomic E-state index is -0.562. The minimum absolute atomic E-state index is 0.0342. The maximum atomic E-state index is 14.1. The lowest BCUT2D eigenvalue weighted by molar-refractivity contribution is -0.135. The standard InChI is InChI=1S/C41H57NO4/c1-3-30-15-18-40-37(24-30)34(26-41(46-40)19-10-20-41)16-17-38(44)35(22-32-13-8-5-9-14-32)25-39(45)36-23-33(27-42(28-36)29(2)43)21-31-11-6-4-7-12-31/h5,8-9,13-15,18,24,31,33-36,38,44H,3-4,6-7,10-12,16-17,19-23,25-28H2,1-2H3/t33?,34?,35-,36?,38-/m1/s1. The smallest absolute Gasteiger partial charge is 0.219 e. The van der Waals surface area contributed by atoms with Crippen LogP contribution >= 0.6 is 0 Å². The fourth-order valence-corrected chi connectivity index (χ4v) is 9.25. The summed E-state index contributed by atoms with van der Waals surface area (Å²) in [5, 5.41) is 11.9. The van der Waals surface area contributed by atoms with Gasteiger partial charge >= 0.3 is 0 Å². The molecule has 2 aliphatic heterocycles. The van der Waals surface area contributed by atoms with E-state index in [2.05, 4.69) is 37.3 Å². The average Bonchev–Trinajstić information content (AvgIpc) is 3.06. The monoisotopic (exact) mass is 627 g/mol. The van der Waals surface area contributed by atoms with E-state index in [0.29, 0.717) is 37.6 Å². The van der Waals surface area contributed by atoms with E-state index in [4.69, 9.17) is 4.74 Å². The Bertz CT molecular complexity index is 1310. The second-order valence-electron chi connectivity index (χ2n) is 15.5. The predicted octanol–water partition coefficient (Wildman–Crippen LogP) is 8.45. The van der Waals surface area contributed by atoms with Gasteiger partial charge in [0.2, 0.25) is 5.91 Å². The molecule has 46 heavy (non-hydrogen) atoms. The molecule has 1 amide bonds. The molecule has 250 valence electrons. The van der Waals surface area contributed by atoms with Crippen molar-refractivity contribution in [3.8, 4) is 5.75 Å². The van der Waals surface area contributed by atoms with Gasteiger partial charge in [-0.05, 0) is 111 Å². The van der Waals surface area contributed by atoms with Crippen molar-refractivity contribution in [2.24, 2.45) is 23.7 Å². The summed E-state index contributed by atoms with van der Waals surface area (Å²) in [6.45, 7) is 5.17. The van der Waals surface area contributed by atoms with Crippen molar-refractivity contribution in [2.45, 2.75) is 134 Å². The summed E-state index contributed by atoms with van der Waals surface area (Å²) in [6, 6.07) is 17.0. The van der Waals surface area contributed by atoms with Gasteiger partial charge in [0.05, 0.1) is 6.10 Å². The number of piperidine rings is 1. The van der Waals surface area contributed by atoms with Crippen LogP contribution in [-0.2, 0) is 22.4 Å². The highest BCUT2D eigenvalue weighted by Crippen LogP contribution is 2.51. The Labute approximate surface area is 277 Å². The van der Waals surface area contributed by atoms with Gasteiger partial charge in [-0.15, -0.1) is 0 Å². The van der Waals surface area contributed by atoms with Crippen LogP contribution in [0.2, 0.25) is 0 Å². The molecule has 1 spiro atoms. The van der Waals surface area contributed by atoms with Crippen molar-refractivity contribution in [2.75, 3.05) is 13.1 Å². The zero-order valence-electron chi connectivity index (χ0n) is 28.4. The third kappa shape index (κ3) is 8.06. The second kappa shape index (κ2) is 15.0. The number of carbonyl (C=O) groups is 2. The Morgan fingerprint density at radius 2 is 1.76 bits per heavy atom. The molecule has 4 aliphatic rings. The minimum Gasteiger partial charge on any atom is -0.487 e. The molecule has 3 fully saturated rings. The maximum Gasteiger partial charge on any atom is 0.219 e. The SMILES string of the molecule is CCc1ccc2c(c1)C(CC[C@@H](O)[C@@H](CC(=O)C1CC(CC3CCCCC3)CN(C(C)=O)C1)Cc1ccccc1)CC1(CCC1)O2. The number of rotatable bonds is 12. The number of amides is 1. The molecule has 2 saturated carbocycles. The summed E-state index contributed by atoms with van der Waals surface area (Å²) in [5.41, 5.74) is 3.77. The normalized spacial score (nSPS) is 25.6. The Morgan fingerprint density at radius 3 is 2.46 bits per heavy atom. The molecule has 3 unspecified atom stereocenters. The van der Waals surface area contributed by atoms with Gasteiger partial charge in [0.15, 0.2) is 0 Å². The third-order valence-electron chi connectivity index (χ3n) is 12.1. The van der Waals surface area contributed by atoms with E-state index in [1.807, 2.05) is 23.1 Å². The van der Waals surface area contributed by atoms with Crippen molar-refractivity contribution in [3.63, 3.8) is 0 Å². The fraction of sp³-hybridized carbons (Fsp3) is 0.659. The molecule has 0 aromatic heterocycles. The number of likely N-dealkylation sites (tertiary alicyclic amines) is 1. The molecule has 2 aromatic carbocycles. The first-order chi connectivity index (χ1) is 22.3. The van der Waals surface area contributed by atoms with Crippen LogP contribution in [0.1, 0.15) is 126 Å². The van der Waals surface area contributed by atoms with Crippen LogP contribution in [0.15, 0.2) is 48.5 Å². The van der Waals surface area contributed by atoms with E-state index in [9.17, 15) is 14.7 Å². The van der Waals surface area contributed by atoms with E-state index < -0.39 is 6.10 Å². The molecule has 5 atom stereocenters. The second-order valence-corrected chi connectivity index (χ2v) is 15.5. The Balaban J connectivity index is 1.15. The molecule has 1 saturated heterocycles. The molecule has 2 aliphatic carbocycles. The van der Waals surface area contributed by atoms with Gasteiger partial charge in [-0.25, -0.2) is 0 Å². The number of Topliss-reactive ketones (excluding diaryl/α,β-unsaturated/α-hetero) is 1. The molecule has 2 aromatic rings. The molecule has 2 heterocycles. The molecular weight excluding hydrogens is 570 g/mol. The fourth-order valence-electron chi connectivity index (χ4n) is 9.25. The molecule has 1 N–H and O–H groups in total. The Hall–Kier alpha value is -2.66. The number of hydrogen-bond donors (Lipinski definition) is 1. The highest BCUT2D eigenvalue weighted by molar-refractivity contribution is 5.83. The Kier molecular flexibility index (Phi) is 10.9. The number of fused-ring (bicyclic) bond motifs is 1. The van der Waals surface area contributed by atoms with Crippen LogP contribution < -0.4 is 4.74 Å². The van der Waals surface area contributed by atoms with Gasteiger partial charge in [0, 0.05) is 32.4 Å². The van der Waals surface area contributed by atoms with Gasteiger partial charge in [0.25, 0.3) is 0 Å². The topological polar surface area (TPSA) is 66.8 Å². The first-order valence-corrected chi connectivity index (χ1v) is 18.6. The van der Waals surface area contributed by atoms with Gasteiger partial charge in [-0.1, -0.05) is 81.5 Å². The summed E-state index contributed by atoms with van der Waals surface area (Å²) < 4.78 is 6.59. The van der Waals surface area contributed by atoms with Crippen molar-refractivity contribution in [3.05, 3.63) is 65.2 Å². The van der Waals surface area contributed by atoms with E-state index in [1.165, 1.54) is 55.2 Å². The first kappa shape index (κ1) is 33.2. The van der Waals surface area contributed by atoms with Crippen LogP contribution in [-0.4, -0.2) is 46.5 Å². The maximum absolute atomic E-state index is 14.1. The van der Waals surface area contributed by atoms with Gasteiger partial charge in [-0.2, -0.15) is 0 Å². The molecule has 5 heteroatoms. The Morgan fingerprint density at radius 1 is 0.978 bits per heavy atom. The number of hydrogen-bond acceptors (Lipinski definition) is 4. The highest BCUT2D eigenvalue weighted by Gasteiger charge is 2.45. The third-order valence-corrected chi connectivity index (χ3v) is 12.1. The van der Waals surface area contributed by atoms with Crippen molar-refractivity contribution >= 4 is 11.7 Å². The van der Waals surface area contributed by atoms with E-state index in [1.54, 1.807) is 6.92 Å². The zero-order chi connectivity index (χ0) is 32.1. The zero-order valence-corrected chi connectivity index (χ0v) is 28.4. The van der Waals surface area contributed by atoms with Crippen molar-refractivity contribution in [1.82, 2.24) is 4.90 Å². The van der Waals surface area contributed by atoms with Gasteiger partial charge < -0.3 is 14.7 Å². The lowest BCUT2D eigenvalue weighted by Crippen LogP contribution is -2.47. The van der Waals surface area contributed by atoms with Crippen LogP contribution in [0.4, 0.5) is 0 Å². The molecule has 5 nitrogen and oxygen atoms in total. The van der Waals surface area contributed by atoms with Crippen molar-refractivity contribution < 1.29 is 19.4 Å². The lowest BCUT2D eigenvalue weighted by Gasteiger charge is -2.48. The number of benzene rings is 2. The van der Waals surface area contributed by atoms with Crippen LogP contribution in [0.5, 0.6) is 5.75 Å². The molecular formula is C41H57NO4. The van der Waals surface area contributed by atoms with E-state index >= 15 is 0 Å². The number of aryl methyl sites for hydroxylation is 1. The average molecular weight is 628 g/mol. The van der Waals surface area contributed by atoms with Gasteiger partial charge in [0.1, 0.15) is 17.1 Å². The molecule has 0 radical (unpaired) electrons. The number of aliphatic hydroxyl groups excluding tert-OH is 1. The first-order valence-electron chi connectivity index (χ1n) is 18.6. The van der Waals surface area contributed by atoms with Crippen LogP contribution in [0, 0.1) is 23.7 Å². The number of nitrogens with zero attached hydrogens (tertiary/aromatic N) is 1. The number of ether oxygens (including phenoxy) is 1. The van der Waals surface area contributed by atoms with Crippen molar-refractivity contribution in [1.29, 1.82) is 0 Å². The number of aliphatic hydroxyl groups is 1.